The molecule has 1 aliphatic carbocycles. The normalized spacial score (nSPS) is 16.1. The molecule has 104 valence electrons. The van der Waals surface area contributed by atoms with Gasteiger partial charge in [0.05, 0.1) is 0 Å². The molecule has 3 rings (SSSR count). The van der Waals surface area contributed by atoms with E-state index in [0.717, 1.165) is 18.4 Å². The number of nitrogens with one attached hydrogen (secondary N) is 1. The van der Waals surface area contributed by atoms with Gasteiger partial charge in [-0.15, -0.1) is 0 Å². The first-order valence-electron chi connectivity index (χ1n) is 7.19. The highest BCUT2D eigenvalue weighted by atomic mass is 19.1. The second kappa shape index (κ2) is 5.37. The highest BCUT2D eigenvalue weighted by Gasteiger charge is 2.28. The van der Waals surface area contributed by atoms with Gasteiger partial charge in [0.1, 0.15) is 5.82 Å². The molecule has 20 heavy (non-hydrogen) atoms. The maximum atomic E-state index is 13.4. The molecular weight excluding hydrogens is 249 g/mol. The predicted octanol–water partition coefficient (Wildman–Crippen LogP) is 3.81. The SMILES string of the molecule is CNC(c1ccc(F)c(C)c1)C1Cc2ccccc2C1. The second-order valence-corrected chi connectivity index (χ2v) is 5.71. The van der Waals surface area contributed by atoms with Gasteiger partial charge in [-0.05, 0) is 61.1 Å². The molecule has 2 aromatic carbocycles. The lowest BCUT2D eigenvalue weighted by Crippen LogP contribution is -2.25. The molecule has 0 saturated heterocycles. The van der Waals surface area contributed by atoms with Crippen molar-refractivity contribution in [3.63, 3.8) is 0 Å². The Hall–Kier alpha value is -1.67. The van der Waals surface area contributed by atoms with Gasteiger partial charge in [-0.3, -0.25) is 0 Å². The Morgan fingerprint density at radius 3 is 2.30 bits per heavy atom. The molecule has 0 spiro atoms. The molecule has 0 fully saturated rings. The van der Waals surface area contributed by atoms with Gasteiger partial charge in [0.15, 0.2) is 0 Å². The molecule has 1 atom stereocenters. The third-order valence-corrected chi connectivity index (χ3v) is 4.41. The summed E-state index contributed by atoms with van der Waals surface area (Å²) in [6, 6.07) is 14.4. The molecule has 2 aromatic rings. The van der Waals surface area contributed by atoms with E-state index in [1.54, 1.807) is 6.07 Å². The van der Waals surface area contributed by atoms with Crippen LogP contribution in [0.3, 0.4) is 0 Å². The second-order valence-electron chi connectivity index (χ2n) is 5.71. The summed E-state index contributed by atoms with van der Waals surface area (Å²) in [4.78, 5) is 0. The van der Waals surface area contributed by atoms with Crippen molar-refractivity contribution in [2.75, 3.05) is 7.05 Å². The minimum Gasteiger partial charge on any atom is -0.313 e. The van der Waals surface area contributed by atoms with Crippen LogP contribution >= 0.6 is 0 Å². The number of hydrogen-bond acceptors (Lipinski definition) is 1. The summed E-state index contributed by atoms with van der Waals surface area (Å²) < 4.78 is 13.4. The van der Waals surface area contributed by atoms with Crippen molar-refractivity contribution < 1.29 is 4.39 Å². The summed E-state index contributed by atoms with van der Waals surface area (Å²) >= 11 is 0. The molecule has 1 N–H and O–H groups in total. The van der Waals surface area contributed by atoms with Gasteiger partial charge in [0.25, 0.3) is 0 Å². The zero-order chi connectivity index (χ0) is 14.1. The minimum absolute atomic E-state index is 0.127. The molecular formula is C18H20FN. The molecule has 0 aliphatic heterocycles. The largest absolute Gasteiger partial charge is 0.313 e. The van der Waals surface area contributed by atoms with E-state index in [0.29, 0.717) is 5.92 Å². The maximum Gasteiger partial charge on any atom is 0.126 e. The predicted molar refractivity (Wildman–Crippen MR) is 80.3 cm³/mol. The van der Waals surface area contributed by atoms with E-state index < -0.39 is 0 Å². The van der Waals surface area contributed by atoms with Crippen molar-refractivity contribution in [1.29, 1.82) is 0 Å². The van der Waals surface area contributed by atoms with Gasteiger partial charge in [0, 0.05) is 6.04 Å². The van der Waals surface area contributed by atoms with Crippen molar-refractivity contribution in [1.82, 2.24) is 5.32 Å². The molecule has 0 saturated carbocycles. The van der Waals surface area contributed by atoms with E-state index in [4.69, 9.17) is 0 Å². The average Bonchev–Trinajstić information content (AvgIpc) is 2.87. The van der Waals surface area contributed by atoms with Crippen LogP contribution in [0.2, 0.25) is 0 Å². The Balaban J connectivity index is 1.87. The summed E-state index contributed by atoms with van der Waals surface area (Å²) in [5.74, 6) is 0.417. The van der Waals surface area contributed by atoms with Crippen molar-refractivity contribution in [3.8, 4) is 0 Å². The van der Waals surface area contributed by atoms with Gasteiger partial charge < -0.3 is 5.32 Å². The summed E-state index contributed by atoms with van der Waals surface area (Å²) in [6.07, 6.45) is 2.19. The Kier molecular flexibility index (Phi) is 3.58. The molecule has 0 aromatic heterocycles. The third-order valence-electron chi connectivity index (χ3n) is 4.41. The lowest BCUT2D eigenvalue weighted by molar-refractivity contribution is 0.396. The van der Waals surface area contributed by atoms with Crippen molar-refractivity contribution >= 4 is 0 Å². The molecule has 2 heteroatoms. The summed E-state index contributed by atoms with van der Waals surface area (Å²) in [6.45, 7) is 1.83. The standard InChI is InChI=1S/C18H20FN/c1-12-9-15(7-8-17(12)19)18(20-2)16-10-13-5-3-4-6-14(13)11-16/h3-9,16,18,20H,10-11H2,1-2H3. The fourth-order valence-electron chi connectivity index (χ4n) is 3.36. The molecule has 0 radical (unpaired) electrons. The molecule has 1 aliphatic rings. The minimum atomic E-state index is -0.127. The number of hydrogen-bond donors (Lipinski definition) is 1. The number of benzene rings is 2. The van der Waals surface area contributed by atoms with Gasteiger partial charge in [-0.2, -0.15) is 0 Å². The van der Waals surface area contributed by atoms with Crippen molar-refractivity contribution in [3.05, 3.63) is 70.5 Å². The van der Waals surface area contributed by atoms with E-state index in [9.17, 15) is 4.39 Å². The molecule has 0 bridgehead atoms. The van der Waals surface area contributed by atoms with Crippen molar-refractivity contribution in [2.45, 2.75) is 25.8 Å². The fraction of sp³-hybridized carbons (Fsp3) is 0.333. The quantitative estimate of drug-likeness (QED) is 0.893. The summed E-state index contributed by atoms with van der Waals surface area (Å²) in [5.41, 5.74) is 4.82. The molecule has 1 unspecified atom stereocenters. The van der Waals surface area contributed by atoms with Gasteiger partial charge >= 0.3 is 0 Å². The summed E-state index contributed by atoms with van der Waals surface area (Å²) in [5, 5.41) is 3.42. The van der Waals surface area contributed by atoms with E-state index in [-0.39, 0.29) is 11.9 Å². The average molecular weight is 269 g/mol. The Morgan fingerprint density at radius 1 is 1.10 bits per heavy atom. The fourth-order valence-corrected chi connectivity index (χ4v) is 3.36. The van der Waals surface area contributed by atoms with Gasteiger partial charge in [0.2, 0.25) is 0 Å². The Bertz CT molecular complexity index is 596. The van der Waals surface area contributed by atoms with Gasteiger partial charge in [-0.1, -0.05) is 36.4 Å². The zero-order valence-corrected chi connectivity index (χ0v) is 12.0. The van der Waals surface area contributed by atoms with E-state index in [2.05, 4.69) is 29.6 Å². The first-order chi connectivity index (χ1) is 9.69. The lowest BCUT2D eigenvalue weighted by Gasteiger charge is -2.24. The molecule has 0 amide bonds. The maximum absolute atomic E-state index is 13.4. The van der Waals surface area contributed by atoms with E-state index in [1.165, 1.54) is 16.7 Å². The molecule has 1 nitrogen and oxygen atoms in total. The van der Waals surface area contributed by atoms with E-state index in [1.807, 2.05) is 26.1 Å². The Labute approximate surface area is 119 Å². The highest BCUT2D eigenvalue weighted by Crippen LogP contribution is 2.35. The first kappa shape index (κ1) is 13.3. The number of halogens is 1. The van der Waals surface area contributed by atoms with Crippen LogP contribution in [-0.4, -0.2) is 7.05 Å². The highest BCUT2D eigenvalue weighted by molar-refractivity contribution is 5.35. The number of rotatable bonds is 3. The zero-order valence-electron chi connectivity index (χ0n) is 12.0. The Morgan fingerprint density at radius 2 is 1.75 bits per heavy atom. The van der Waals surface area contributed by atoms with Crippen LogP contribution < -0.4 is 5.32 Å². The first-order valence-corrected chi connectivity index (χ1v) is 7.19. The van der Waals surface area contributed by atoms with Gasteiger partial charge in [-0.25, -0.2) is 4.39 Å². The van der Waals surface area contributed by atoms with Crippen molar-refractivity contribution in [2.24, 2.45) is 5.92 Å². The monoisotopic (exact) mass is 269 g/mol. The van der Waals surface area contributed by atoms with Crippen LogP contribution in [0.5, 0.6) is 0 Å². The lowest BCUT2D eigenvalue weighted by atomic mass is 9.90. The van der Waals surface area contributed by atoms with Crippen LogP contribution in [0.25, 0.3) is 0 Å². The smallest absolute Gasteiger partial charge is 0.126 e. The van der Waals surface area contributed by atoms with E-state index >= 15 is 0 Å². The summed E-state index contributed by atoms with van der Waals surface area (Å²) in [7, 11) is 1.99. The van der Waals surface area contributed by atoms with Crippen LogP contribution in [0.15, 0.2) is 42.5 Å². The van der Waals surface area contributed by atoms with Crippen LogP contribution in [0, 0.1) is 18.7 Å². The molecule has 0 heterocycles. The number of fused-ring (bicyclic) bond motifs is 1. The topological polar surface area (TPSA) is 12.0 Å². The van der Waals surface area contributed by atoms with Crippen LogP contribution in [-0.2, 0) is 12.8 Å². The van der Waals surface area contributed by atoms with Crippen LogP contribution in [0.1, 0.15) is 28.3 Å². The third kappa shape index (κ3) is 2.36. The number of aryl methyl sites for hydroxylation is 1. The van der Waals surface area contributed by atoms with Crippen LogP contribution in [0.4, 0.5) is 4.39 Å².